The number of halogens is 4. The summed E-state index contributed by atoms with van der Waals surface area (Å²) in [5, 5.41) is 0.506. The Labute approximate surface area is 231 Å². The van der Waals surface area contributed by atoms with Gasteiger partial charge in [-0.25, -0.2) is 4.79 Å². The van der Waals surface area contributed by atoms with Crippen molar-refractivity contribution in [2.75, 3.05) is 6.61 Å². The Hall–Kier alpha value is -3.63. The third kappa shape index (κ3) is 6.51. The van der Waals surface area contributed by atoms with Crippen LogP contribution in [0.1, 0.15) is 30.1 Å². The van der Waals surface area contributed by atoms with Crippen molar-refractivity contribution < 1.29 is 32.2 Å². The third-order valence-electron chi connectivity index (χ3n) is 6.20. The van der Waals surface area contributed by atoms with Gasteiger partial charge in [-0.3, -0.25) is 14.3 Å². The number of aromatic nitrogens is 2. The molecular formula is C27H22Cl2F2N2O6. The van der Waals surface area contributed by atoms with Crippen LogP contribution >= 0.6 is 23.2 Å². The van der Waals surface area contributed by atoms with Crippen molar-refractivity contribution in [2.24, 2.45) is 5.92 Å². The van der Waals surface area contributed by atoms with Crippen molar-refractivity contribution in [3.8, 4) is 11.5 Å². The molecule has 2 aromatic heterocycles. The normalized spacial score (nSPS) is 14.0. The van der Waals surface area contributed by atoms with Crippen molar-refractivity contribution in [1.82, 2.24) is 9.55 Å². The molecule has 1 aliphatic rings. The molecule has 5 rings (SSSR count). The number of esters is 1. The monoisotopic (exact) mass is 578 g/mol. The van der Waals surface area contributed by atoms with Crippen LogP contribution in [0.2, 0.25) is 10.0 Å². The molecular weight excluding hydrogens is 557 g/mol. The maximum absolute atomic E-state index is 13.1. The van der Waals surface area contributed by atoms with Gasteiger partial charge in [-0.1, -0.05) is 41.4 Å². The van der Waals surface area contributed by atoms with Crippen LogP contribution in [0, 0.1) is 5.92 Å². The first-order valence-electron chi connectivity index (χ1n) is 12.1. The molecule has 8 nitrogen and oxygen atoms in total. The van der Waals surface area contributed by atoms with Gasteiger partial charge in [0.1, 0.15) is 12.6 Å². The number of rotatable bonds is 11. The molecule has 0 radical (unpaired) electrons. The van der Waals surface area contributed by atoms with Crippen LogP contribution in [-0.2, 0) is 22.5 Å². The van der Waals surface area contributed by atoms with Crippen LogP contribution < -0.4 is 15.2 Å². The lowest BCUT2D eigenvalue weighted by Gasteiger charge is -2.21. The largest absolute Gasteiger partial charge is 0.489 e. The van der Waals surface area contributed by atoms with Gasteiger partial charge in [0, 0.05) is 18.8 Å². The lowest BCUT2D eigenvalue weighted by atomic mass is 10.0. The molecule has 0 spiro atoms. The summed E-state index contributed by atoms with van der Waals surface area (Å²) in [4.78, 5) is 29.4. The van der Waals surface area contributed by atoms with Crippen LogP contribution in [0.3, 0.4) is 0 Å². The lowest BCUT2D eigenvalue weighted by molar-refractivity contribution is -0.150. The van der Waals surface area contributed by atoms with E-state index in [-0.39, 0.29) is 28.0 Å². The number of alkyl halides is 2. The number of pyridine rings is 1. The second-order valence-electron chi connectivity index (χ2n) is 9.03. The van der Waals surface area contributed by atoms with Crippen LogP contribution in [-0.4, -0.2) is 28.7 Å². The fourth-order valence-electron chi connectivity index (χ4n) is 4.06. The highest BCUT2D eigenvalue weighted by Gasteiger charge is 2.26. The molecule has 1 atom stereocenters. The van der Waals surface area contributed by atoms with Crippen molar-refractivity contribution in [2.45, 2.75) is 38.5 Å². The Bertz CT molecular complexity index is 1530. The number of para-hydroxylation sites is 2. The van der Waals surface area contributed by atoms with Gasteiger partial charge < -0.3 is 18.6 Å². The molecule has 2 heterocycles. The lowest BCUT2D eigenvalue weighted by Crippen LogP contribution is -2.24. The van der Waals surface area contributed by atoms with E-state index in [4.69, 9.17) is 37.1 Å². The first kappa shape index (κ1) is 27.0. The first-order chi connectivity index (χ1) is 18.8. The number of fused-ring (bicyclic) bond motifs is 1. The molecule has 0 bridgehead atoms. The van der Waals surface area contributed by atoms with Gasteiger partial charge in [-0.2, -0.15) is 8.78 Å². The number of carbonyl (C=O) groups is 1. The molecule has 4 aromatic rings. The summed E-state index contributed by atoms with van der Waals surface area (Å²) < 4.78 is 48.6. The van der Waals surface area contributed by atoms with Gasteiger partial charge in [0.2, 0.25) is 0 Å². The summed E-state index contributed by atoms with van der Waals surface area (Å²) in [7, 11) is 0. The van der Waals surface area contributed by atoms with E-state index in [9.17, 15) is 18.4 Å². The maximum Gasteiger partial charge on any atom is 0.420 e. The smallest absolute Gasteiger partial charge is 0.420 e. The highest BCUT2D eigenvalue weighted by Crippen LogP contribution is 2.38. The summed E-state index contributed by atoms with van der Waals surface area (Å²) in [5.41, 5.74) is 1.64. The van der Waals surface area contributed by atoms with Gasteiger partial charge in [0.15, 0.2) is 17.1 Å². The Kier molecular flexibility index (Phi) is 8.04. The zero-order valence-corrected chi connectivity index (χ0v) is 21.8. The summed E-state index contributed by atoms with van der Waals surface area (Å²) >= 11 is 12.7. The summed E-state index contributed by atoms with van der Waals surface area (Å²) in [6.07, 6.45) is 3.85. The highest BCUT2D eigenvalue weighted by atomic mass is 35.5. The maximum atomic E-state index is 13.1. The highest BCUT2D eigenvalue weighted by molar-refractivity contribution is 6.35. The molecule has 39 heavy (non-hydrogen) atoms. The van der Waals surface area contributed by atoms with E-state index in [0.29, 0.717) is 34.8 Å². The molecule has 1 aliphatic carbocycles. The quantitative estimate of drug-likeness (QED) is 0.195. The van der Waals surface area contributed by atoms with Gasteiger partial charge in [0.05, 0.1) is 22.2 Å². The van der Waals surface area contributed by atoms with Crippen molar-refractivity contribution in [3.63, 3.8) is 0 Å². The Balaban J connectivity index is 1.46. The molecule has 1 fully saturated rings. The Morgan fingerprint density at radius 3 is 2.56 bits per heavy atom. The van der Waals surface area contributed by atoms with Crippen LogP contribution in [0.25, 0.3) is 11.1 Å². The molecule has 0 amide bonds. The zero-order chi connectivity index (χ0) is 27.5. The van der Waals surface area contributed by atoms with E-state index < -0.39 is 31.0 Å². The minimum absolute atomic E-state index is 0.0318. The van der Waals surface area contributed by atoms with E-state index in [1.54, 1.807) is 24.3 Å². The topological polar surface area (TPSA) is 92.8 Å². The standard InChI is InChI=1S/C27H22Cl2F2N2O6/c28-18-11-32-12-19(29)17(18)10-23(37-25(34)13-33-20-3-1-2-4-21(20)39-27(33)35)16-7-8-22(38-26(30)31)24(9-16)36-14-15-5-6-15/h1-4,7-9,11-12,15,23,26H,5-6,10,13-14H2/t23-/m0/s1. The molecule has 1 saturated carbocycles. The predicted octanol–water partition coefficient (Wildman–Crippen LogP) is 6.21. The first-order valence-corrected chi connectivity index (χ1v) is 12.8. The number of hydrogen-bond acceptors (Lipinski definition) is 7. The van der Waals surface area contributed by atoms with Gasteiger partial charge in [-0.15, -0.1) is 0 Å². The summed E-state index contributed by atoms with van der Waals surface area (Å²) in [6, 6.07) is 11.0. The average Bonchev–Trinajstić information content (AvgIpc) is 3.68. The van der Waals surface area contributed by atoms with Crippen LogP contribution in [0.15, 0.2) is 64.1 Å². The number of benzene rings is 2. The zero-order valence-electron chi connectivity index (χ0n) is 20.3. The minimum atomic E-state index is -3.05. The third-order valence-corrected chi connectivity index (χ3v) is 6.85. The van der Waals surface area contributed by atoms with E-state index in [1.807, 2.05) is 0 Å². The van der Waals surface area contributed by atoms with Crippen LogP contribution in [0.5, 0.6) is 11.5 Å². The fourth-order valence-corrected chi connectivity index (χ4v) is 4.58. The second-order valence-corrected chi connectivity index (χ2v) is 9.84. The number of hydrogen-bond donors (Lipinski definition) is 0. The molecule has 0 N–H and O–H groups in total. The minimum Gasteiger partial charge on any atom is -0.489 e. The van der Waals surface area contributed by atoms with Gasteiger partial charge in [0.25, 0.3) is 0 Å². The Morgan fingerprint density at radius 1 is 1.10 bits per heavy atom. The van der Waals surface area contributed by atoms with Crippen molar-refractivity contribution >= 4 is 40.3 Å². The van der Waals surface area contributed by atoms with E-state index in [0.717, 1.165) is 17.4 Å². The van der Waals surface area contributed by atoms with Crippen molar-refractivity contribution in [3.05, 3.63) is 86.6 Å². The molecule has 0 unspecified atom stereocenters. The van der Waals surface area contributed by atoms with E-state index in [1.165, 1.54) is 30.6 Å². The summed E-state index contributed by atoms with van der Waals surface area (Å²) in [5.74, 6) is -1.17. The number of carbonyl (C=O) groups excluding carboxylic acids is 1. The number of ether oxygens (including phenoxy) is 3. The molecule has 0 aliphatic heterocycles. The molecule has 12 heteroatoms. The molecule has 204 valence electrons. The van der Waals surface area contributed by atoms with Crippen molar-refractivity contribution in [1.29, 1.82) is 0 Å². The summed E-state index contributed by atoms with van der Waals surface area (Å²) in [6.45, 7) is -3.14. The number of nitrogens with zero attached hydrogens (tertiary/aromatic N) is 2. The second kappa shape index (κ2) is 11.6. The van der Waals surface area contributed by atoms with Gasteiger partial charge in [-0.05, 0) is 54.2 Å². The Morgan fingerprint density at radius 2 is 1.85 bits per heavy atom. The molecule has 2 aromatic carbocycles. The van der Waals surface area contributed by atoms with Gasteiger partial charge >= 0.3 is 18.3 Å². The predicted molar refractivity (Wildman–Crippen MR) is 139 cm³/mol. The van der Waals surface area contributed by atoms with E-state index in [2.05, 4.69) is 9.72 Å². The fraction of sp³-hybridized carbons (Fsp3) is 0.296. The SMILES string of the molecule is O=C(Cn1c(=O)oc2ccccc21)O[C@@H](Cc1c(Cl)cncc1Cl)c1ccc(OC(F)F)c(OCC2CC2)c1. The molecule has 0 saturated heterocycles. The van der Waals surface area contributed by atoms with Crippen LogP contribution in [0.4, 0.5) is 8.78 Å². The number of oxazole rings is 1. The van der Waals surface area contributed by atoms with E-state index >= 15 is 0 Å². The average molecular weight is 579 g/mol.